The molecule has 2 N–H and O–H groups in total. The zero-order chi connectivity index (χ0) is 14.1. The van der Waals surface area contributed by atoms with Crippen molar-refractivity contribution in [3.63, 3.8) is 0 Å². The van der Waals surface area contributed by atoms with Crippen molar-refractivity contribution in [1.82, 2.24) is 15.5 Å². The number of carbonyl (C=O) groups is 2. The lowest BCUT2D eigenvalue weighted by molar-refractivity contribution is -0.136. The van der Waals surface area contributed by atoms with E-state index in [1.54, 1.807) is 14.2 Å². The van der Waals surface area contributed by atoms with Gasteiger partial charge < -0.3 is 20.3 Å². The Balaban J connectivity index is 2.22. The fraction of sp³-hybridized carbons (Fsp3) is 0.846. The number of methoxy groups -OCH3 is 1. The molecule has 1 fully saturated rings. The van der Waals surface area contributed by atoms with Gasteiger partial charge in [-0.05, 0) is 25.8 Å². The zero-order valence-corrected chi connectivity index (χ0v) is 11.9. The highest BCUT2D eigenvalue weighted by atomic mass is 16.5. The Hall–Kier alpha value is -1.14. The summed E-state index contributed by atoms with van der Waals surface area (Å²) in [5.74, 6) is -0.116. The lowest BCUT2D eigenvalue weighted by Gasteiger charge is -2.27. The molecule has 1 aliphatic heterocycles. The van der Waals surface area contributed by atoms with Gasteiger partial charge in [0.05, 0.1) is 12.6 Å². The molecular formula is C13H25N3O3. The molecule has 1 rings (SSSR count). The minimum Gasteiger partial charge on any atom is -0.385 e. The maximum Gasteiger partial charge on any atom is 0.239 e. The highest BCUT2D eigenvalue weighted by molar-refractivity contribution is 5.87. The van der Waals surface area contributed by atoms with E-state index in [-0.39, 0.29) is 24.4 Å². The molecule has 2 amide bonds. The van der Waals surface area contributed by atoms with Gasteiger partial charge in [0, 0.05) is 27.3 Å². The van der Waals surface area contributed by atoms with E-state index < -0.39 is 0 Å². The smallest absolute Gasteiger partial charge is 0.239 e. The van der Waals surface area contributed by atoms with Gasteiger partial charge in [-0.1, -0.05) is 6.42 Å². The van der Waals surface area contributed by atoms with Crippen LogP contribution in [-0.2, 0) is 14.3 Å². The summed E-state index contributed by atoms with van der Waals surface area (Å²) in [6.07, 6.45) is 3.83. The summed E-state index contributed by atoms with van der Waals surface area (Å²) in [4.78, 5) is 25.2. The van der Waals surface area contributed by atoms with Gasteiger partial charge in [-0.2, -0.15) is 0 Å². The van der Waals surface area contributed by atoms with Gasteiger partial charge in [-0.3, -0.25) is 9.59 Å². The highest BCUT2D eigenvalue weighted by Gasteiger charge is 2.24. The van der Waals surface area contributed by atoms with Crippen LogP contribution in [0, 0.1) is 0 Å². The number of piperidine rings is 1. The summed E-state index contributed by atoms with van der Waals surface area (Å²) in [5.41, 5.74) is 0. The van der Waals surface area contributed by atoms with Crippen molar-refractivity contribution in [2.24, 2.45) is 0 Å². The first kappa shape index (κ1) is 15.9. The normalized spacial score (nSPS) is 18.9. The van der Waals surface area contributed by atoms with E-state index in [1.165, 1.54) is 4.90 Å². The van der Waals surface area contributed by atoms with E-state index in [2.05, 4.69) is 10.6 Å². The number of carbonyl (C=O) groups excluding carboxylic acids is 2. The van der Waals surface area contributed by atoms with E-state index in [4.69, 9.17) is 4.74 Å². The van der Waals surface area contributed by atoms with E-state index in [1.807, 2.05) is 0 Å². The molecule has 6 heteroatoms. The molecule has 0 aromatic rings. The van der Waals surface area contributed by atoms with Crippen LogP contribution >= 0.6 is 0 Å². The molecule has 0 saturated carbocycles. The second kappa shape index (κ2) is 8.87. The van der Waals surface area contributed by atoms with Gasteiger partial charge in [-0.25, -0.2) is 0 Å². The van der Waals surface area contributed by atoms with E-state index in [9.17, 15) is 9.59 Å². The molecule has 0 aliphatic carbocycles. The number of hydrogen-bond acceptors (Lipinski definition) is 4. The summed E-state index contributed by atoms with van der Waals surface area (Å²) < 4.78 is 4.90. The zero-order valence-electron chi connectivity index (χ0n) is 11.9. The third-order valence-electron chi connectivity index (χ3n) is 3.21. The molecule has 0 aromatic heterocycles. The summed E-state index contributed by atoms with van der Waals surface area (Å²) >= 11 is 0. The SMILES string of the molecule is COCCCNC(=O)CN(C)C(=O)[C@@H]1CCCCN1. The average molecular weight is 271 g/mol. The van der Waals surface area contributed by atoms with Crippen molar-refractivity contribution >= 4 is 11.8 Å². The van der Waals surface area contributed by atoms with E-state index >= 15 is 0 Å². The predicted molar refractivity (Wildman–Crippen MR) is 72.8 cm³/mol. The van der Waals surface area contributed by atoms with Crippen molar-refractivity contribution in [3.05, 3.63) is 0 Å². The summed E-state index contributed by atoms with van der Waals surface area (Å²) in [6.45, 7) is 2.20. The van der Waals surface area contributed by atoms with Crippen LogP contribution < -0.4 is 10.6 Å². The van der Waals surface area contributed by atoms with Crippen molar-refractivity contribution in [1.29, 1.82) is 0 Å². The Labute approximate surface area is 114 Å². The number of nitrogens with zero attached hydrogens (tertiary/aromatic N) is 1. The van der Waals surface area contributed by atoms with Gasteiger partial charge in [0.2, 0.25) is 11.8 Å². The Morgan fingerprint density at radius 1 is 1.42 bits per heavy atom. The predicted octanol–water partition coefficient (Wildman–Crippen LogP) is -0.260. The van der Waals surface area contributed by atoms with Crippen molar-refractivity contribution < 1.29 is 14.3 Å². The third-order valence-corrected chi connectivity index (χ3v) is 3.21. The number of ether oxygens (including phenoxy) is 1. The van der Waals surface area contributed by atoms with Crippen molar-refractivity contribution in [2.75, 3.05) is 40.4 Å². The van der Waals surface area contributed by atoms with Crippen LogP contribution in [0.25, 0.3) is 0 Å². The second-order valence-electron chi connectivity index (χ2n) is 4.89. The first-order chi connectivity index (χ1) is 9.15. The third kappa shape index (κ3) is 6.02. The lowest BCUT2D eigenvalue weighted by atomic mass is 10.0. The quantitative estimate of drug-likeness (QED) is 0.626. The van der Waals surface area contributed by atoms with Crippen LogP contribution in [0.4, 0.5) is 0 Å². The highest BCUT2D eigenvalue weighted by Crippen LogP contribution is 2.08. The Morgan fingerprint density at radius 3 is 2.84 bits per heavy atom. The minimum atomic E-state index is -0.125. The molecule has 1 saturated heterocycles. The van der Waals surface area contributed by atoms with Gasteiger partial charge >= 0.3 is 0 Å². The lowest BCUT2D eigenvalue weighted by Crippen LogP contribution is -2.49. The molecule has 0 aromatic carbocycles. The van der Waals surface area contributed by atoms with Gasteiger partial charge in [0.25, 0.3) is 0 Å². The first-order valence-electron chi connectivity index (χ1n) is 6.89. The van der Waals surface area contributed by atoms with Gasteiger partial charge in [-0.15, -0.1) is 0 Å². The maximum atomic E-state index is 12.1. The Morgan fingerprint density at radius 2 is 2.21 bits per heavy atom. The molecule has 1 aliphatic rings. The van der Waals surface area contributed by atoms with Crippen molar-refractivity contribution in [2.45, 2.75) is 31.7 Å². The second-order valence-corrected chi connectivity index (χ2v) is 4.89. The molecule has 1 atom stereocenters. The fourth-order valence-electron chi connectivity index (χ4n) is 2.12. The summed E-state index contributed by atoms with van der Waals surface area (Å²) in [7, 11) is 3.30. The molecular weight excluding hydrogens is 246 g/mol. The van der Waals surface area contributed by atoms with Crippen LogP contribution in [0.1, 0.15) is 25.7 Å². The van der Waals surface area contributed by atoms with E-state index in [0.29, 0.717) is 13.2 Å². The minimum absolute atomic E-state index is 0.00624. The molecule has 0 radical (unpaired) electrons. The fourth-order valence-corrected chi connectivity index (χ4v) is 2.12. The van der Waals surface area contributed by atoms with Crippen LogP contribution in [0.3, 0.4) is 0 Å². The van der Waals surface area contributed by atoms with Crippen LogP contribution in [0.2, 0.25) is 0 Å². The van der Waals surface area contributed by atoms with Gasteiger partial charge in [0.1, 0.15) is 0 Å². The van der Waals surface area contributed by atoms with Crippen LogP contribution in [-0.4, -0.2) is 63.2 Å². The molecule has 0 spiro atoms. The topological polar surface area (TPSA) is 70.7 Å². The largest absolute Gasteiger partial charge is 0.385 e. The number of hydrogen-bond donors (Lipinski definition) is 2. The molecule has 0 unspecified atom stereocenters. The first-order valence-corrected chi connectivity index (χ1v) is 6.89. The number of likely N-dealkylation sites (N-methyl/N-ethyl adjacent to an activating group) is 1. The molecule has 1 heterocycles. The number of rotatable bonds is 7. The number of nitrogens with one attached hydrogen (secondary N) is 2. The van der Waals surface area contributed by atoms with Crippen LogP contribution in [0.15, 0.2) is 0 Å². The monoisotopic (exact) mass is 271 g/mol. The summed E-state index contributed by atoms with van der Waals surface area (Å²) in [6, 6.07) is -0.125. The molecule has 110 valence electrons. The molecule has 0 bridgehead atoms. The standard InChI is InChI=1S/C13H25N3O3/c1-16(10-12(17)15-8-5-9-19-2)13(18)11-6-3-4-7-14-11/h11,14H,3-10H2,1-2H3,(H,15,17)/t11-/m0/s1. The maximum absolute atomic E-state index is 12.1. The van der Waals surface area contributed by atoms with Crippen molar-refractivity contribution in [3.8, 4) is 0 Å². The molecule has 19 heavy (non-hydrogen) atoms. The molecule has 6 nitrogen and oxygen atoms in total. The van der Waals surface area contributed by atoms with Gasteiger partial charge in [0.15, 0.2) is 0 Å². The Kier molecular flexibility index (Phi) is 7.43. The summed E-state index contributed by atoms with van der Waals surface area (Å²) in [5, 5.41) is 5.97. The van der Waals surface area contributed by atoms with Crippen LogP contribution in [0.5, 0.6) is 0 Å². The average Bonchev–Trinajstić information content (AvgIpc) is 2.43. The van der Waals surface area contributed by atoms with E-state index in [0.717, 1.165) is 32.2 Å². The number of amides is 2. The Bertz CT molecular complexity index is 291.